The zero-order valence-electron chi connectivity index (χ0n) is 12.0. The molecule has 0 heterocycles. The Morgan fingerprint density at radius 2 is 1.79 bits per heavy atom. The second-order valence-corrected chi connectivity index (χ2v) is 6.57. The predicted octanol–water partition coefficient (Wildman–Crippen LogP) is 1.97. The van der Waals surface area contributed by atoms with E-state index in [1.165, 1.54) is 14.1 Å². The van der Waals surface area contributed by atoms with Crippen LogP contribution in [0.1, 0.15) is 31.9 Å². The number of hydrogen-bond acceptors (Lipinski definition) is 3. The van der Waals surface area contributed by atoms with E-state index in [9.17, 15) is 8.42 Å². The largest absolute Gasteiger partial charge is 0.310 e. The van der Waals surface area contributed by atoms with Gasteiger partial charge in [0.1, 0.15) is 0 Å². The van der Waals surface area contributed by atoms with E-state index in [4.69, 9.17) is 0 Å². The van der Waals surface area contributed by atoms with Crippen LogP contribution in [0.3, 0.4) is 0 Å². The molecule has 0 aliphatic heterocycles. The standard InChI is InChI=1S/C13H23N3O2S/c1-5-10-14-11(2)12-6-8-13(9-7-12)15-19(17,18)16(3)4/h6-9,11,14-15H,5,10H2,1-4H3. The molecule has 0 spiro atoms. The second kappa shape index (κ2) is 6.88. The third kappa shape index (κ3) is 4.81. The highest BCUT2D eigenvalue weighted by Crippen LogP contribution is 2.17. The van der Waals surface area contributed by atoms with Gasteiger partial charge < -0.3 is 5.32 Å². The first-order chi connectivity index (χ1) is 8.86. The molecule has 108 valence electrons. The lowest BCUT2D eigenvalue weighted by molar-refractivity contribution is 0.527. The van der Waals surface area contributed by atoms with Crippen LogP contribution in [0.4, 0.5) is 5.69 Å². The van der Waals surface area contributed by atoms with Gasteiger partial charge in [0.15, 0.2) is 0 Å². The normalized spacial score (nSPS) is 13.5. The van der Waals surface area contributed by atoms with Crippen LogP contribution in [0.5, 0.6) is 0 Å². The fourth-order valence-corrected chi connectivity index (χ4v) is 2.18. The minimum Gasteiger partial charge on any atom is -0.310 e. The topological polar surface area (TPSA) is 61.4 Å². The maximum Gasteiger partial charge on any atom is 0.301 e. The average molecular weight is 285 g/mol. The summed E-state index contributed by atoms with van der Waals surface area (Å²) in [5.74, 6) is 0. The van der Waals surface area contributed by atoms with Crippen molar-refractivity contribution < 1.29 is 8.42 Å². The predicted molar refractivity (Wildman–Crippen MR) is 79.4 cm³/mol. The third-order valence-electron chi connectivity index (χ3n) is 2.84. The SMILES string of the molecule is CCCNC(C)c1ccc(NS(=O)(=O)N(C)C)cc1. The number of nitrogens with one attached hydrogen (secondary N) is 2. The molecule has 1 rings (SSSR count). The molecule has 1 aromatic rings. The van der Waals surface area contributed by atoms with Crippen LogP contribution in [0.2, 0.25) is 0 Å². The fraction of sp³-hybridized carbons (Fsp3) is 0.538. The number of hydrogen-bond donors (Lipinski definition) is 2. The van der Waals surface area contributed by atoms with E-state index in [1.807, 2.05) is 12.1 Å². The summed E-state index contributed by atoms with van der Waals surface area (Å²) in [6, 6.07) is 7.68. The van der Waals surface area contributed by atoms with Gasteiger partial charge >= 0.3 is 10.2 Å². The van der Waals surface area contributed by atoms with Gasteiger partial charge in [0.05, 0.1) is 0 Å². The van der Waals surface area contributed by atoms with E-state index in [2.05, 4.69) is 23.9 Å². The van der Waals surface area contributed by atoms with E-state index >= 15 is 0 Å². The molecule has 1 atom stereocenters. The summed E-state index contributed by atoms with van der Waals surface area (Å²) in [7, 11) is -0.444. The molecule has 0 bridgehead atoms. The number of rotatable bonds is 7. The zero-order valence-corrected chi connectivity index (χ0v) is 12.8. The Bertz CT molecular complexity index is 483. The number of anilines is 1. The Labute approximate surface area is 116 Å². The first kappa shape index (κ1) is 15.9. The Morgan fingerprint density at radius 1 is 1.21 bits per heavy atom. The molecule has 0 aliphatic rings. The Morgan fingerprint density at radius 3 is 2.26 bits per heavy atom. The lowest BCUT2D eigenvalue weighted by Gasteiger charge is -2.16. The highest BCUT2D eigenvalue weighted by Gasteiger charge is 2.13. The molecule has 0 aromatic heterocycles. The van der Waals surface area contributed by atoms with Crippen molar-refractivity contribution in [3.05, 3.63) is 29.8 Å². The Balaban J connectivity index is 2.72. The molecule has 19 heavy (non-hydrogen) atoms. The van der Waals surface area contributed by atoms with Crippen molar-refractivity contribution in [2.24, 2.45) is 0 Å². The van der Waals surface area contributed by atoms with Crippen LogP contribution in [0.15, 0.2) is 24.3 Å². The molecule has 0 aliphatic carbocycles. The van der Waals surface area contributed by atoms with Crippen LogP contribution >= 0.6 is 0 Å². The maximum atomic E-state index is 11.7. The van der Waals surface area contributed by atoms with E-state index in [-0.39, 0.29) is 6.04 Å². The lowest BCUT2D eigenvalue weighted by atomic mass is 10.1. The monoisotopic (exact) mass is 285 g/mol. The van der Waals surface area contributed by atoms with E-state index in [0.717, 1.165) is 22.8 Å². The van der Waals surface area contributed by atoms with Gasteiger partial charge in [-0.15, -0.1) is 0 Å². The zero-order chi connectivity index (χ0) is 14.5. The van der Waals surface area contributed by atoms with Gasteiger partial charge in [0, 0.05) is 25.8 Å². The molecule has 0 fully saturated rings. The minimum atomic E-state index is -3.43. The van der Waals surface area contributed by atoms with Gasteiger partial charge in [-0.25, -0.2) is 0 Å². The smallest absolute Gasteiger partial charge is 0.301 e. The summed E-state index contributed by atoms with van der Waals surface area (Å²) >= 11 is 0. The van der Waals surface area contributed by atoms with Gasteiger partial charge in [0.2, 0.25) is 0 Å². The van der Waals surface area contributed by atoms with Crippen LogP contribution < -0.4 is 10.0 Å². The molecular formula is C13H23N3O2S. The van der Waals surface area contributed by atoms with Gasteiger partial charge in [0.25, 0.3) is 0 Å². The van der Waals surface area contributed by atoms with Gasteiger partial charge in [-0.2, -0.15) is 12.7 Å². The fourth-order valence-electron chi connectivity index (χ4n) is 1.56. The van der Waals surface area contributed by atoms with Crippen molar-refractivity contribution in [2.45, 2.75) is 26.3 Å². The summed E-state index contributed by atoms with van der Waals surface area (Å²) in [4.78, 5) is 0. The molecule has 0 saturated carbocycles. The quantitative estimate of drug-likeness (QED) is 0.805. The highest BCUT2D eigenvalue weighted by atomic mass is 32.2. The summed E-state index contributed by atoms with van der Waals surface area (Å²) in [6.07, 6.45) is 1.09. The highest BCUT2D eigenvalue weighted by molar-refractivity contribution is 7.90. The number of nitrogens with zero attached hydrogens (tertiary/aromatic N) is 1. The number of benzene rings is 1. The molecule has 0 radical (unpaired) electrons. The second-order valence-electron chi connectivity index (χ2n) is 4.69. The molecule has 6 heteroatoms. The molecule has 5 nitrogen and oxygen atoms in total. The molecule has 1 unspecified atom stereocenters. The summed E-state index contributed by atoms with van der Waals surface area (Å²) < 4.78 is 27.0. The van der Waals surface area contributed by atoms with Crippen molar-refractivity contribution >= 4 is 15.9 Å². The van der Waals surface area contributed by atoms with Crippen LogP contribution in [-0.4, -0.2) is 33.4 Å². The van der Waals surface area contributed by atoms with Gasteiger partial charge in [-0.1, -0.05) is 19.1 Å². The molecule has 0 saturated heterocycles. The average Bonchev–Trinajstić information content (AvgIpc) is 2.36. The van der Waals surface area contributed by atoms with Crippen LogP contribution in [-0.2, 0) is 10.2 Å². The maximum absolute atomic E-state index is 11.7. The minimum absolute atomic E-state index is 0.263. The summed E-state index contributed by atoms with van der Waals surface area (Å²) in [5.41, 5.74) is 1.71. The van der Waals surface area contributed by atoms with Crippen molar-refractivity contribution in [3.8, 4) is 0 Å². The first-order valence-corrected chi connectivity index (χ1v) is 7.84. The van der Waals surface area contributed by atoms with Crippen LogP contribution in [0.25, 0.3) is 0 Å². The summed E-state index contributed by atoms with van der Waals surface area (Å²) in [5, 5.41) is 3.39. The molecular weight excluding hydrogens is 262 g/mol. The lowest BCUT2D eigenvalue weighted by Crippen LogP contribution is -2.28. The van der Waals surface area contributed by atoms with E-state index in [1.54, 1.807) is 12.1 Å². The Hall–Kier alpha value is -1.11. The van der Waals surface area contributed by atoms with Crippen molar-refractivity contribution in [3.63, 3.8) is 0 Å². The van der Waals surface area contributed by atoms with Gasteiger partial charge in [-0.3, -0.25) is 4.72 Å². The van der Waals surface area contributed by atoms with Crippen molar-refractivity contribution in [2.75, 3.05) is 25.4 Å². The first-order valence-electron chi connectivity index (χ1n) is 6.40. The van der Waals surface area contributed by atoms with Crippen molar-refractivity contribution in [1.82, 2.24) is 9.62 Å². The van der Waals surface area contributed by atoms with E-state index in [0.29, 0.717) is 5.69 Å². The Kier molecular flexibility index (Phi) is 5.78. The third-order valence-corrected chi connectivity index (χ3v) is 4.29. The van der Waals surface area contributed by atoms with Gasteiger partial charge in [-0.05, 0) is 37.6 Å². The molecule has 2 N–H and O–H groups in total. The van der Waals surface area contributed by atoms with E-state index < -0.39 is 10.2 Å². The van der Waals surface area contributed by atoms with Crippen molar-refractivity contribution in [1.29, 1.82) is 0 Å². The molecule has 0 amide bonds. The summed E-state index contributed by atoms with van der Waals surface area (Å²) in [6.45, 7) is 5.18. The van der Waals surface area contributed by atoms with Crippen LogP contribution in [0, 0.1) is 0 Å². The molecule has 1 aromatic carbocycles.